The van der Waals surface area contributed by atoms with Crippen LogP contribution in [0.3, 0.4) is 0 Å². The molecule has 0 radical (unpaired) electrons. The number of aromatic nitrogens is 4. The number of nitrogens with zero attached hydrogens (tertiary/aromatic N) is 5. The van der Waals surface area contributed by atoms with E-state index in [4.69, 9.17) is 25.8 Å². The lowest BCUT2D eigenvalue weighted by molar-refractivity contribution is 0.0358. The summed E-state index contributed by atoms with van der Waals surface area (Å²) >= 11 is 6.59. The number of fused-ring (bicyclic) bond motifs is 2. The third kappa shape index (κ3) is 5.90. The molecule has 3 heterocycles. The highest BCUT2D eigenvalue weighted by Crippen LogP contribution is 2.34. The van der Waals surface area contributed by atoms with Crippen molar-refractivity contribution in [2.24, 2.45) is 7.05 Å². The molecule has 9 nitrogen and oxygen atoms in total. The minimum absolute atomic E-state index is 0.476. The lowest BCUT2D eigenvalue weighted by Gasteiger charge is -2.26. The number of hydrogen-bond acceptors (Lipinski definition) is 8. The molecule has 10 heteroatoms. The van der Waals surface area contributed by atoms with Crippen molar-refractivity contribution in [3.63, 3.8) is 0 Å². The quantitative estimate of drug-likeness (QED) is 0.233. The summed E-state index contributed by atoms with van der Waals surface area (Å²) in [5.41, 5.74) is 3.50. The molecule has 1 aliphatic heterocycles. The van der Waals surface area contributed by atoms with Gasteiger partial charge in [0.25, 0.3) is 0 Å². The molecule has 3 aromatic carbocycles. The summed E-state index contributed by atoms with van der Waals surface area (Å²) in [4.78, 5) is 15.7. The fourth-order valence-electron chi connectivity index (χ4n) is 4.63. The number of nitrogens with one attached hydrogen (secondary N) is 1. The molecule has 1 aliphatic rings. The third-order valence-electron chi connectivity index (χ3n) is 6.72. The monoisotopic (exact) mass is 544 g/mol. The Labute approximate surface area is 231 Å². The first-order valence-corrected chi connectivity index (χ1v) is 13.3. The SMILES string of the molecule is Cn1cnc2cc(Oc3ccc(Nc4ncnc5ccc(OCCCN6CCOCC6)cc45)cc3Cl)ccc21. The average Bonchev–Trinajstić information content (AvgIpc) is 3.33. The van der Waals surface area contributed by atoms with Crippen molar-refractivity contribution < 1.29 is 14.2 Å². The molecule has 0 aliphatic carbocycles. The molecule has 0 atom stereocenters. The molecule has 5 aromatic rings. The molecule has 0 bridgehead atoms. The fourth-order valence-corrected chi connectivity index (χ4v) is 4.85. The van der Waals surface area contributed by atoms with Gasteiger partial charge in [-0.15, -0.1) is 0 Å². The molecular weight excluding hydrogens is 516 g/mol. The molecule has 0 amide bonds. The second-order valence-corrected chi connectivity index (χ2v) is 9.84. The molecule has 0 unspecified atom stereocenters. The van der Waals surface area contributed by atoms with Gasteiger partial charge in [0.1, 0.15) is 29.4 Å². The largest absolute Gasteiger partial charge is 0.494 e. The second kappa shape index (κ2) is 11.4. The van der Waals surface area contributed by atoms with Gasteiger partial charge >= 0.3 is 0 Å². The average molecular weight is 545 g/mol. The van der Waals surface area contributed by atoms with E-state index < -0.39 is 0 Å². The van der Waals surface area contributed by atoms with Crippen molar-refractivity contribution in [3.8, 4) is 17.2 Å². The standard InChI is InChI=1S/C29H29ClN6O3/c1-35-19-33-26-17-22(5-7-27(26)35)39-28-8-3-20(15-24(28)30)34-29-23-16-21(4-6-25(23)31-18-32-29)38-12-2-9-36-10-13-37-14-11-36/h3-8,15-19H,2,9-14H2,1H3,(H,31,32,34). The van der Waals surface area contributed by atoms with Crippen molar-refractivity contribution in [2.75, 3.05) is 44.8 Å². The maximum Gasteiger partial charge on any atom is 0.146 e. The van der Waals surface area contributed by atoms with Crippen molar-refractivity contribution in [2.45, 2.75) is 6.42 Å². The van der Waals surface area contributed by atoms with E-state index in [2.05, 4.69) is 25.2 Å². The Kier molecular flexibility index (Phi) is 7.44. The lowest BCUT2D eigenvalue weighted by Crippen LogP contribution is -2.37. The Morgan fingerprint density at radius 1 is 0.949 bits per heavy atom. The highest BCUT2D eigenvalue weighted by Gasteiger charge is 2.12. The summed E-state index contributed by atoms with van der Waals surface area (Å²) in [6.07, 6.45) is 4.28. The maximum atomic E-state index is 6.59. The zero-order chi connectivity index (χ0) is 26.6. The number of rotatable bonds is 9. The number of ether oxygens (including phenoxy) is 3. The summed E-state index contributed by atoms with van der Waals surface area (Å²) < 4.78 is 19.5. The van der Waals surface area contributed by atoms with E-state index in [-0.39, 0.29) is 0 Å². The number of anilines is 2. The van der Waals surface area contributed by atoms with Gasteiger partial charge in [0, 0.05) is 43.8 Å². The van der Waals surface area contributed by atoms with Crippen LogP contribution >= 0.6 is 11.6 Å². The van der Waals surface area contributed by atoms with Gasteiger partial charge in [-0.1, -0.05) is 11.6 Å². The van der Waals surface area contributed by atoms with Crippen LogP contribution in [0.2, 0.25) is 5.02 Å². The zero-order valence-corrected chi connectivity index (χ0v) is 22.4. The highest BCUT2D eigenvalue weighted by atomic mass is 35.5. The Morgan fingerprint density at radius 3 is 2.69 bits per heavy atom. The van der Waals surface area contributed by atoms with Gasteiger partial charge in [0.05, 0.1) is 47.7 Å². The number of hydrogen-bond donors (Lipinski definition) is 1. The van der Waals surface area contributed by atoms with Crippen molar-refractivity contribution in [1.29, 1.82) is 0 Å². The van der Waals surface area contributed by atoms with Crippen molar-refractivity contribution in [3.05, 3.63) is 72.3 Å². The van der Waals surface area contributed by atoms with Crippen LogP contribution < -0.4 is 14.8 Å². The summed E-state index contributed by atoms with van der Waals surface area (Å²) in [6, 6.07) is 17.2. The maximum absolute atomic E-state index is 6.59. The summed E-state index contributed by atoms with van der Waals surface area (Å²) in [7, 11) is 1.96. The predicted octanol–water partition coefficient (Wildman–Crippen LogP) is 5.81. The Balaban J connectivity index is 1.13. The van der Waals surface area contributed by atoms with Gasteiger partial charge in [-0.2, -0.15) is 0 Å². The molecule has 1 saturated heterocycles. The van der Waals surface area contributed by atoms with Crippen LogP contribution in [0.15, 0.2) is 67.3 Å². The van der Waals surface area contributed by atoms with Gasteiger partial charge in [0.2, 0.25) is 0 Å². The molecule has 0 spiro atoms. The van der Waals surface area contributed by atoms with E-state index in [9.17, 15) is 0 Å². The smallest absolute Gasteiger partial charge is 0.146 e. The van der Waals surface area contributed by atoms with E-state index in [1.54, 1.807) is 12.7 Å². The Bertz CT molecular complexity index is 1600. The van der Waals surface area contributed by atoms with Crippen molar-refractivity contribution in [1.82, 2.24) is 24.4 Å². The van der Waals surface area contributed by atoms with Crippen LogP contribution in [0.4, 0.5) is 11.5 Å². The van der Waals surface area contributed by atoms with E-state index in [1.165, 1.54) is 0 Å². The first-order chi connectivity index (χ1) is 19.1. The molecule has 200 valence electrons. The predicted molar refractivity (Wildman–Crippen MR) is 152 cm³/mol. The minimum Gasteiger partial charge on any atom is -0.494 e. The van der Waals surface area contributed by atoms with E-state index in [0.29, 0.717) is 28.9 Å². The minimum atomic E-state index is 0.476. The van der Waals surface area contributed by atoms with Crippen LogP contribution in [0.25, 0.3) is 21.9 Å². The first-order valence-electron chi connectivity index (χ1n) is 13.0. The molecule has 2 aromatic heterocycles. The second-order valence-electron chi connectivity index (χ2n) is 9.44. The van der Waals surface area contributed by atoms with Gasteiger partial charge < -0.3 is 24.1 Å². The zero-order valence-electron chi connectivity index (χ0n) is 21.6. The summed E-state index contributed by atoms with van der Waals surface area (Å²) in [5, 5.41) is 4.71. The first kappa shape index (κ1) is 25.4. The van der Waals surface area contributed by atoms with E-state index in [1.807, 2.05) is 66.2 Å². The third-order valence-corrected chi connectivity index (χ3v) is 7.01. The highest BCUT2D eigenvalue weighted by molar-refractivity contribution is 6.32. The van der Waals surface area contributed by atoms with Crippen LogP contribution in [0, 0.1) is 0 Å². The lowest BCUT2D eigenvalue weighted by atomic mass is 10.2. The number of halogens is 1. The topological polar surface area (TPSA) is 86.6 Å². The van der Waals surface area contributed by atoms with Crippen LogP contribution in [0.5, 0.6) is 17.2 Å². The fraction of sp³-hybridized carbons (Fsp3) is 0.276. The van der Waals surface area contributed by atoms with E-state index >= 15 is 0 Å². The number of aryl methyl sites for hydroxylation is 1. The van der Waals surface area contributed by atoms with Crippen LogP contribution in [-0.4, -0.2) is 63.9 Å². The van der Waals surface area contributed by atoms with Crippen LogP contribution in [0.1, 0.15) is 6.42 Å². The molecule has 0 saturated carbocycles. The van der Waals surface area contributed by atoms with Gasteiger partial charge in [-0.3, -0.25) is 4.90 Å². The summed E-state index contributed by atoms with van der Waals surface area (Å²) in [6.45, 7) is 5.24. The van der Waals surface area contributed by atoms with Crippen LogP contribution in [-0.2, 0) is 11.8 Å². The molecule has 39 heavy (non-hydrogen) atoms. The van der Waals surface area contributed by atoms with E-state index in [0.717, 1.165) is 72.6 Å². The Morgan fingerprint density at radius 2 is 1.82 bits per heavy atom. The van der Waals surface area contributed by atoms with Gasteiger partial charge in [-0.25, -0.2) is 15.0 Å². The normalized spacial score (nSPS) is 14.1. The van der Waals surface area contributed by atoms with Gasteiger partial charge in [-0.05, 0) is 55.0 Å². The molecule has 1 N–H and O–H groups in total. The summed E-state index contributed by atoms with van der Waals surface area (Å²) in [5.74, 6) is 2.68. The molecular formula is C29H29ClN6O3. The molecule has 1 fully saturated rings. The number of imidazole rings is 1. The van der Waals surface area contributed by atoms with Gasteiger partial charge in [0.15, 0.2) is 0 Å². The van der Waals surface area contributed by atoms with Crippen molar-refractivity contribution >= 4 is 45.0 Å². The molecule has 6 rings (SSSR count). The Hall–Kier alpha value is -3.92. The number of benzene rings is 3. The number of morpholine rings is 1.